The van der Waals surface area contributed by atoms with Crippen molar-refractivity contribution in [1.82, 2.24) is 10.3 Å². The Labute approximate surface area is 71.2 Å². The van der Waals surface area contributed by atoms with E-state index in [2.05, 4.69) is 10.3 Å². The van der Waals surface area contributed by atoms with Gasteiger partial charge in [-0.05, 0) is 18.6 Å². The number of H-pyrrole nitrogens is 1. The second-order valence-electron chi connectivity index (χ2n) is 2.59. The molecule has 0 spiro atoms. The summed E-state index contributed by atoms with van der Waals surface area (Å²) in [6.07, 6.45) is 2.77. The van der Waals surface area contributed by atoms with E-state index in [-0.39, 0.29) is 12.5 Å². The standard InChI is InChI=1S/C8H13N3O/c9-8(12)6-10-5-3-7-2-1-4-11-7/h1-2,4,10-11H,3,5-6H2,(H2,9,12). The summed E-state index contributed by atoms with van der Waals surface area (Å²) in [5.41, 5.74) is 6.10. The van der Waals surface area contributed by atoms with Crippen molar-refractivity contribution < 1.29 is 4.79 Å². The second-order valence-corrected chi connectivity index (χ2v) is 2.59. The lowest BCUT2D eigenvalue weighted by molar-refractivity contribution is -0.117. The third kappa shape index (κ3) is 3.21. The number of aromatic amines is 1. The van der Waals surface area contributed by atoms with Gasteiger partial charge in [0.25, 0.3) is 0 Å². The Morgan fingerprint density at radius 2 is 2.50 bits per heavy atom. The lowest BCUT2D eigenvalue weighted by atomic mass is 10.3. The highest BCUT2D eigenvalue weighted by Crippen LogP contribution is 1.93. The molecule has 12 heavy (non-hydrogen) atoms. The summed E-state index contributed by atoms with van der Waals surface area (Å²) in [4.78, 5) is 13.4. The van der Waals surface area contributed by atoms with Crippen LogP contribution in [0.1, 0.15) is 5.69 Å². The highest BCUT2D eigenvalue weighted by atomic mass is 16.1. The molecule has 0 bridgehead atoms. The molecule has 0 radical (unpaired) electrons. The van der Waals surface area contributed by atoms with Crippen LogP contribution >= 0.6 is 0 Å². The number of carbonyl (C=O) groups is 1. The molecule has 66 valence electrons. The van der Waals surface area contributed by atoms with E-state index in [0.717, 1.165) is 18.7 Å². The average molecular weight is 167 g/mol. The Bertz CT molecular complexity index is 230. The van der Waals surface area contributed by atoms with Gasteiger partial charge in [0.1, 0.15) is 0 Å². The van der Waals surface area contributed by atoms with Crippen molar-refractivity contribution in [3.05, 3.63) is 24.0 Å². The van der Waals surface area contributed by atoms with Gasteiger partial charge in [-0.1, -0.05) is 0 Å². The van der Waals surface area contributed by atoms with Crippen LogP contribution in [-0.2, 0) is 11.2 Å². The van der Waals surface area contributed by atoms with E-state index in [1.807, 2.05) is 18.3 Å². The molecule has 4 nitrogen and oxygen atoms in total. The van der Waals surface area contributed by atoms with Crippen LogP contribution in [0.3, 0.4) is 0 Å². The fraction of sp³-hybridized carbons (Fsp3) is 0.375. The molecule has 0 fully saturated rings. The summed E-state index contributed by atoms with van der Waals surface area (Å²) >= 11 is 0. The van der Waals surface area contributed by atoms with Crippen LogP contribution in [0.4, 0.5) is 0 Å². The van der Waals surface area contributed by atoms with Gasteiger partial charge in [0, 0.05) is 18.4 Å². The van der Waals surface area contributed by atoms with Crippen molar-refractivity contribution >= 4 is 5.91 Å². The molecule has 0 atom stereocenters. The van der Waals surface area contributed by atoms with Crippen LogP contribution < -0.4 is 11.1 Å². The van der Waals surface area contributed by atoms with Gasteiger partial charge >= 0.3 is 0 Å². The first-order valence-corrected chi connectivity index (χ1v) is 3.90. The van der Waals surface area contributed by atoms with E-state index in [9.17, 15) is 4.79 Å². The predicted molar refractivity (Wildman–Crippen MR) is 46.6 cm³/mol. The number of amides is 1. The molecule has 0 aliphatic carbocycles. The van der Waals surface area contributed by atoms with Gasteiger partial charge in [0.15, 0.2) is 0 Å². The largest absolute Gasteiger partial charge is 0.369 e. The smallest absolute Gasteiger partial charge is 0.231 e. The van der Waals surface area contributed by atoms with Gasteiger partial charge < -0.3 is 16.0 Å². The maximum absolute atomic E-state index is 10.3. The van der Waals surface area contributed by atoms with E-state index >= 15 is 0 Å². The number of nitrogens with two attached hydrogens (primary N) is 1. The highest BCUT2D eigenvalue weighted by Gasteiger charge is 1.94. The van der Waals surface area contributed by atoms with Crippen LogP contribution in [0.2, 0.25) is 0 Å². The SMILES string of the molecule is NC(=O)CNCCc1ccc[nH]1. The van der Waals surface area contributed by atoms with Gasteiger partial charge in [-0.3, -0.25) is 4.79 Å². The molecule has 0 aliphatic heterocycles. The molecule has 0 saturated carbocycles. The first-order chi connectivity index (χ1) is 5.79. The lowest BCUT2D eigenvalue weighted by Crippen LogP contribution is -2.29. The zero-order valence-electron chi connectivity index (χ0n) is 6.84. The van der Waals surface area contributed by atoms with Crippen LogP contribution in [0.15, 0.2) is 18.3 Å². The molecule has 0 saturated heterocycles. The van der Waals surface area contributed by atoms with E-state index in [1.165, 1.54) is 0 Å². The third-order valence-corrected chi connectivity index (χ3v) is 1.53. The van der Waals surface area contributed by atoms with E-state index in [0.29, 0.717) is 0 Å². The second kappa shape index (κ2) is 4.56. The van der Waals surface area contributed by atoms with Crippen LogP contribution in [0, 0.1) is 0 Å². The van der Waals surface area contributed by atoms with Gasteiger partial charge in [0.05, 0.1) is 6.54 Å². The number of hydrogen-bond acceptors (Lipinski definition) is 2. The average Bonchev–Trinajstić information content (AvgIpc) is 2.49. The van der Waals surface area contributed by atoms with Gasteiger partial charge in [0.2, 0.25) is 5.91 Å². The van der Waals surface area contributed by atoms with Crippen molar-refractivity contribution in [2.45, 2.75) is 6.42 Å². The highest BCUT2D eigenvalue weighted by molar-refractivity contribution is 5.75. The van der Waals surface area contributed by atoms with E-state index < -0.39 is 0 Å². The third-order valence-electron chi connectivity index (χ3n) is 1.53. The molecule has 1 heterocycles. The Kier molecular flexibility index (Phi) is 3.35. The Balaban J connectivity index is 2.07. The van der Waals surface area contributed by atoms with Crippen LogP contribution in [-0.4, -0.2) is 24.0 Å². The first kappa shape index (κ1) is 8.80. The molecule has 0 unspecified atom stereocenters. The molecule has 1 aromatic heterocycles. The number of carbonyl (C=O) groups excluding carboxylic acids is 1. The summed E-state index contributed by atoms with van der Waals surface area (Å²) < 4.78 is 0. The number of rotatable bonds is 5. The Morgan fingerprint density at radius 1 is 1.67 bits per heavy atom. The first-order valence-electron chi connectivity index (χ1n) is 3.90. The monoisotopic (exact) mass is 167 g/mol. The Hall–Kier alpha value is -1.29. The summed E-state index contributed by atoms with van der Waals surface area (Å²) in [5, 5.41) is 2.93. The molecule has 0 aromatic carbocycles. The van der Waals surface area contributed by atoms with Gasteiger partial charge in [-0.2, -0.15) is 0 Å². The molecular formula is C8H13N3O. The molecule has 4 heteroatoms. The van der Waals surface area contributed by atoms with Gasteiger partial charge in [-0.25, -0.2) is 0 Å². The quantitative estimate of drug-likeness (QED) is 0.524. The fourth-order valence-electron chi connectivity index (χ4n) is 0.958. The minimum atomic E-state index is -0.318. The molecule has 0 aliphatic rings. The molecule has 1 aromatic rings. The van der Waals surface area contributed by atoms with Crippen LogP contribution in [0.5, 0.6) is 0 Å². The number of nitrogens with one attached hydrogen (secondary N) is 2. The maximum Gasteiger partial charge on any atom is 0.231 e. The lowest BCUT2D eigenvalue weighted by Gasteiger charge is -1.99. The summed E-state index contributed by atoms with van der Waals surface area (Å²) in [7, 11) is 0. The number of primary amides is 1. The summed E-state index contributed by atoms with van der Waals surface area (Å²) in [5.74, 6) is -0.318. The number of aromatic nitrogens is 1. The zero-order valence-corrected chi connectivity index (χ0v) is 6.84. The van der Waals surface area contributed by atoms with E-state index in [4.69, 9.17) is 5.73 Å². The van der Waals surface area contributed by atoms with Crippen molar-refractivity contribution in [3.63, 3.8) is 0 Å². The predicted octanol–water partition coefficient (Wildman–Crippen LogP) is -0.368. The number of hydrogen-bond donors (Lipinski definition) is 3. The summed E-state index contributed by atoms with van der Waals surface area (Å²) in [6.45, 7) is 1.02. The normalized spacial score (nSPS) is 10.0. The van der Waals surface area contributed by atoms with Crippen LogP contribution in [0.25, 0.3) is 0 Å². The molecule has 4 N–H and O–H groups in total. The molecule has 1 amide bonds. The Morgan fingerprint density at radius 3 is 3.08 bits per heavy atom. The van der Waals surface area contributed by atoms with Crippen molar-refractivity contribution in [3.8, 4) is 0 Å². The van der Waals surface area contributed by atoms with E-state index in [1.54, 1.807) is 0 Å². The van der Waals surface area contributed by atoms with Crippen molar-refractivity contribution in [2.75, 3.05) is 13.1 Å². The molecule has 1 rings (SSSR count). The fourth-order valence-corrected chi connectivity index (χ4v) is 0.958. The van der Waals surface area contributed by atoms with Crippen molar-refractivity contribution in [1.29, 1.82) is 0 Å². The maximum atomic E-state index is 10.3. The van der Waals surface area contributed by atoms with Gasteiger partial charge in [-0.15, -0.1) is 0 Å². The minimum Gasteiger partial charge on any atom is -0.369 e. The minimum absolute atomic E-state index is 0.251. The molecular weight excluding hydrogens is 154 g/mol. The van der Waals surface area contributed by atoms with Crippen molar-refractivity contribution in [2.24, 2.45) is 5.73 Å². The zero-order chi connectivity index (χ0) is 8.81. The summed E-state index contributed by atoms with van der Waals surface area (Å²) in [6, 6.07) is 3.95. The topological polar surface area (TPSA) is 70.9 Å².